The average molecular weight is 386 g/mol. The highest BCUT2D eigenvalue weighted by molar-refractivity contribution is 7.12. The first-order chi connectivity index (χ1) is 13.1. The monoisotopic (exact) mass is 386 g/mol. The van der Waals surface area contributed by atoms with Gasteiger partial charge >= 0.3 is 5.97 Å². The third-order valence-electron chi connectivity index (χ3n) is 4.37. The second-order valence-corrected chi connectivity index (χ2v) is 7.28. The molecule has 1 aliphatic rings. The summed E-state index contributed by atoms with van der Waals surface area (Å²) < 4.78 is 5.09. The lowest BCUT2D eigenvalue weighted by atomic mass is 10.1. The quantitative estimate of drug-likeness (QED) is 0.770. The van der Waals surface area contributed by atoms with Crippen molar-refractivity contribution in [3.63, 3.8) is 0 Å². The molecule has 2 aromatic rings. The van der Waals surface area contributed by atoms with E-state index in [1.165, 1.54) is 11.3 Å². The summed E-state index contributed by atoms with van der Waals surface area (Å²) in [5.74, 6) is -0.686. The molecule has 0 aliphatic carbocycles. The molecule has 0 spiro atoms. The normalized spacial score (nSPS) is 16.2. The first kappa shape index (κ1) is 19.1. The zero-order valence-corrected chi connectivity index (χ0v) is 16.0. The summed E-state index contributed by atoms with van der Waals surface area (Å²) in [5, 5.41) is 4.69. The predicted octanol–water partition coefficient (Wildman–Crippen LogP) is 3.56. The number of carbonyl (C=O) groups is 3. The van der Waals surface area contributed by atoms with E-state index >= 15 is 0 Å². The number of hydrogen-bond donors (Lipinski definition) is 1. The number of benzene rings is 1. The molecule has 1 fully saturated rings. The molecule has 1 saturated heterocycles. The smallest absolute Gasteiger partial charge is 0.338 e. The summed E-state index contributed by atoms with van der Waals surface area (Å²) in [6.45, 7) is 2.89. The van der Waals surface area contributed by atoms with Gasteiger partial charge in [-0.05, 0) is 55.0 Å². The van der Waals surface area contributed by atoms with E-state index in [1.807, 2.05) is 18.4 Å². The number of amides is 2. The van der Waals surface area contributed by atoms with Crippen LogP contribution < -0.4 is 5.32 Å². The molecule has 2 heterocycles. The number of nitrogens with one attached hydrogen (secondary N) is 1. The lowest BCUT2D eigenvalue weighted by molar-refractivity contribution is -0.119. The second kappa shape index (κ2) is 8.81. The minimum absolute atomic E-state index is 0.100. The van der Waals surface area contributed by atoms with Crippen LogP contribution >= 0.6 is 11.3 Å². The van der Waals surface area contributed by atoms with Gasteiger partial charge in [0.05, 0.1) is 17.0 Å². The fraction of sp³-hybridized carbons (Fsp3) is 0.350. The number of esters is 1. The summed E-state index contributed by atoms with van der Waals surface area (Å²) in [6.07, 6.45) is 2.21. The zero-order chi connectivity index (χ0) is 19.2. The van der Waals surface area contributed by atoms with Crippen molar-refractivity contribution < 1.29 is 19.1 Å². The highest BCUT2D eigenvalue weighted by Gasteiger charge is 2.34. The van der Waals surface area contributed by atoms with E-state index in [0.717, 1.165) is 12.8 Å². The van der Waals surface area contributed by atoms with Crippen LogP contribution in [0.5, 0.6) is 0 Å². The van der Waals surface area contributed by atoms with Gasteiger partial charge in [-0.25, -0.2) is 4.79 Å². The summed E-state index contributed by atoms with van der Waals surface area (Å²) in [7, 11) is 0. The van der Waals surface area contributed by atoms with Crippen LogP contribution in [0.15, 0.2) is 41.8 Å². The van der Waals surface area contributed by atoms with Gasteiger partial charge < -0.3 is 15.0 Å². The maximum absolute atomic E-state index is 12.7. The van der Waals surface area contributed by atoms with Gasteiger partial charge in [0.25, 0.3) is 5.91 Å². The van der Waals surface area contributed by atoms with Gasteiger partial charge in [-0.2, -0.15) is 0 Å². The molecule has 0 bridgehead atoms. The van der Waals surface area contributed by atoms with Crippen molar-refractivity contribution in [2.24, 2.45) is 0 Å². The Morgan fingerprint density at radius 1 is 1.22 bits per heavy atom. The van der Waals surface area contributed by atoms with Crippen LogP contribution in [0.3, 0.4) is 0 Å². The van der Waals surface area contributed by atoms with Gasteiger partial charge in [0.2, 0.25) is 5.91 Å². The number of hydrogen-bond acceptors (Lipinski definition) is 5. The van der Waals surface area contributed by atoms with E-state index in [2.05, 4.69) is 5.32 Å². The van der Waals surface area contributed by atoms with Crippen molar-refractivity contribution in [2.75, 3.05) is 18.5 Å². The number of nitrogens with zero attached hydrogens (tertiary/aromatic N) is 1. The Balaban J connectivity index is 1.62. The molecule has 2 amide bonds. The van der Waals surface area contributed by atoms with E-state index in [9.17, 15) is 14.4 Å². The summed E-state index contributed by atoms with van der Waals surface area (Å²) in [6, 6.07) is 9.70. The third kappa shape index (κ3) is 4.54. The van der Waals surface area contributed by atoms with Crippen LogP contribution in [-0.4, -0.2) is 41.9 Å². The van der Waals surface area contributed by atoms with Crippen LogP contribution in [0, 0.1) is 0 Å². The minimum Gasteiger partial charge on any atom is -0.462 e. The van der Waals surface area contributed by atoms with Gasteiger partial charge in [0.1, 0.15) is 6.04 Å². The molecule has 1 N–H and O–H groups in total. The second-order valence-electron chi connectivity index (χ2n) is 6.34. The topological polar surface area (TPSA) is 75.7 Å². The van der Waals surface area contributed by atoms with Crippen LogP contribution in [0.1, 0.15) is 46.2 Å². The van der Waals surface area contributed by atoms with E-state index in [1.54, 1.807) is 35.2 Å². The van der Waals surface area contributed by atoms with Crippen LogP contribution in [-0.2, 0) is 9.53 Å². The Bertz CT molecular complexity index is 802. The SMILES string of the molecule is CCCOC(=O)c1ccc(NC(=O)C2CCCN2C(=O)c2cccs2)cc1. The van der Waals surface area contributed by atoms with Gasteiger partial charge in [0.15, 0.2) is 0 Å². The van der Waals surface area contributed by atoms with Crippen LogP contribution in [0.2, 0.25) is 0 Å². The van der Waals surface area contributed by atoms with Crippen molar-refractivity contribution in [3.8, 4) is 0 Å². The molecule has 7 heteroatoms. The van der Waals surface area contributed by atoms with Crippen LogP contribution in [0.4, 0.5) is 5.69 Å². The van der Waals surface area contributed by atoms with E-state index in [-0.39, 0.29) is 17.8 Å². The molecule has 6 nitrogen and oxygen atoms in total. The zero-order valence-electron chi connectivity index (χ0n) is 15.1. The van der Waals surface area contributed by atoms with Crippen molar-refractivity contribution in [2.45, 2.75) is 32.2 Å². The number of likely N-dealkylation sites (tertiary alicyclic amines) is 1. The Hall–Kier alpha value is -2.67. The van der Waals surface area contributed by atoms with Crippen molar-refractivity contribution >= 4 is 34.8 Å². The van der Waals surface area contributed by atoms with Crippen LogP contribution in [0.25, 0.3) is 0 Å². The molecule has 1 aromatic heterocycles. The Morgan fingerprint density at radius 2 is 2.00 bits per heavy atom. The highest BCUT2D eigenvalue weighted by Crippen LogP contribution is 2.23. The maximum Gasteiger partial charge on any atom is 0.338 e. The minimum atomic E-state index is -0.478. The number of thiophene rings is 1. The Morgan fingerprint density at radius 3 is 2.67 bits per heavy atom. The van der Waals surface area contributed by atoms with Gasteiger partial charge in [0, 0.05) is 12.2 Å². The van der Waals surface area contributed by atoms with Crippen molar-refractivity contribution in [1.29, 1.82) is 0 Å². The maximum atomic E-state index is 12.7. The standard InChI is InChI=1S/C20H22N2O4S/c1-2-12-26-20(25)14-7-9-15(10-8-14)21-18(23)16-5-3-11-22(16)19(24)17-6-4-13-27-17/h4,6-10,13,16H,2-3,5,11-12H2,1H3,(H,21,23). The van der Waals surface area contributed by atoms with Gasteiger partial charge in [-0.3, -0.25) is 9.59 Å². The lowest BCUT2D eigenvalue weighted by Gasteiger charge is -2.23. The Kier molecular flexibility index (Phi) is 6.24. The molecule has 142 valence electrons. The molecule has 1 unspecified atom stereocenters. The molecule has 1 atom stereocenters. The average Bonchev–Trinajstić information content (AvgIpc) is 3.38. The first-order valence-corrected chi connectivity index (χ1v) is 9.90. The number of anilines is 1. The molecule has 3 rings (SSSR count). The van der Waals surface area contributed by atoms with Crippen molar-refractivity contribution in [3.05, 3.63) is 52.2 Å². The molecule has 1 aromatic carbocycles. The molecule has 0 saturated carbocycles. The summed E-state index contributed by atoms with van der Waals surface area (Å²) in [5.41, 5.74) is 1.03. The number of ether oxygens (including phenoxy) is 1. The third-order valence-corrected chi connectivity index (χ3v) is 5.23. The highest BCUT2D eigenvalue weighted by atomic mass is 32.1. The largest absolute Gasteiger partial charge is 0.462 e. The number of rotatable bonds is 6. The summed E-state index contributed by atoms with van der Waals surface area (Å²) in [4.78, 5) is 39.4. The Labute approximate surface area is 162 Å². The van der Waals surface area contributed by atoms with E-state index in [4.69, 9.17) is 4.74 Å². The first-order valence-electron chi connectivity index (χ1n) is 9.02. The van der Waals surface area contributed by atoms with E-state index in [0.29, 0.717) is 35.7 Å². The molecule has 27 heavy (non-hydrogen) atoms. The van der Waals surface area contributed by atoms with Crippen molar-refractivity contribution in [1.82, 2.24) is 4.90 Å². The van der Waals surface area contributed by atoms with Gasteiger partial charge in [-0.1, -0.05) is 13.0 Å². The molecular formula is C20H22N2O4S. The molecule has 0 radical (unpaired) electrons. The molecular weight excluding hydrogens is 364 g/mol. The van der Waals surface area contributed by atoms with Gasteiger partial charge in [-0.15, -0.1) is 11.3 Å². The van der Waals surface area contributed by atoms with E-state index < -0.39 is 6.04 Å². The fourth-order valence-corrected chi connectivity index (χ4v) is 3.70. The summed E-state index contributed by atoms with van der Waals surface area (Å²) >= 11 is 1.38. The fourth-order valence-electron chi connectivity index (χ4n) is 3.02. The predicted molar refractivity (Wildman–Crippen MR) is 104 cm³/mol. The molecule has 1 aliphatic heterocycles. The lowest BCUT2D eigenvalue weighted by Crippen LogP contribution is -2.42. The number of carbonyl (C=O) groups excluding carboxylic acids is 3.